The Kier molecular flexibility index (Phi) is 9.94. The number of hydrogen-bond acceptors (Lipinski definition) is 5. The molecule has 0 atom stereocenters. The third-order valence-electron chi connectivity index (χ3n) is 7.01. The van der Waals surface area contributed by atoms with Crippen molar-refractivity contribution >= 4 is 23.2 Å². The summed E-state index contributed by atoms with van der Waals surface area (Å²) >= 11 is 6.47. The molecule has 0 unspecified atom stereocenters. The Morgan fingerprint density at radius 2 is 1.84 bits per heavy atom. The van der Waals surface area contributed by atoms with Gasteiger partial charge in [0.2, 0.25) is 5.91 Å². The van der Waals surface area contributed by atoms with E-state index in [1.165, 1.54) is 24.8 Å². The highest BCUT2D eigenvalue weighted by Gasteiger charge is 2.25. The second-order valence-electron chi connectivity index (χ2n) is 9.13. The van der Waals surface area contributed by atoms with Crippen LogP contribution < -0.4 is 15.0 Å². The molecule has 1 aromatic carbocycles. The van der Waals surface area contributed by atoms with Crippen LogP contribution in [-0.2, 0) is 16.0 Å². The van der Waals surface area contributed by atoms with E-state index >= 15 is 0 Å². The van der Waals surface area contributed by atoms with Crippen LogP contribution in [0.3, 0.4) is 0 Å². The lowest BCUT2D eigenvalue weighted by molar-refractivity contribution is -0.122. The highest BCUT2D eigenvalue weighted by atomic mass is 35.5. The number of anilines is 1. The average molecular weight is 466 g/mol. The van der Waals surface area contributed by atoms with Crippen molar-refractivity contribution in [2.24, 2.45) is 5.92 Å². The number of benzene rings is 1. The van der Waals surface area contributed by atoms with Crippen LogP contribution in [0.15, 0.2) is 12.1 Å². The first-order valence-electron chi connectivity index (χ1n) is 12.2. The van der Waals surface area contributed by atoms with E-state index in [0.717, 1.165) is 69.3 Å². The van der Waals surface area contributed by atoms with E-state index in [2.05, 4.69) is 28.1 Å². The van der Waals surface area contributed by atoms with Gasteiger partial charge in [-0.3, -0.25) is 9.69 Å². The highest BCUT2D eigenvalue weighted by molar-refractivity contribution is 6.32. The molecule has 32 heavy (non-hydrogen) atoms. The molecule has 1 aliphatic heterocycles. The van der Waals surface area contributed by atoms with E-state index in [9.17, 15) is 4.79 Å². The molecule has 0 radical (unpaired) electrons. The number of amides is 1. The van der Waals surface area contributed by atoms with Crippen molar-refractivity contribution in [1.29, 1.82) is 0 Å². The summed E-state index contributed by atoms with van der Waals surface area (Å²) in [5.41, 5.74) is 2.38. The van der Waals surface area contributed by atoms with Gasteiger partial charge in [-0.2, -0.15) is 0 Å². The monoisotopic (exact) mass is 465 g/mol. The Balaban J connectivity index is 1.39. The van der Waals surface area contributed by atoms with Crippen LogP contribution in [0.4, 0.5) is 5.69 Å². The molecule has 1 aliphatic carbocycles. The Bertz CT molecular complexity index is 729. The highest BCUT2D eigenvalue weighted by Crippen LogP contribution is 2.37. The zero-order valence-electron chi connectivity index (χ0n) is 20.0. The van der Waals surface area contributed by atoms with Gasteiger partial charge in [-0.25, -0.2) is 0 Å². The minimum atomic E-state index is 0.121. The standard InChI is InChI=1S/C25H40ClN3O3/c1-4-19-17-22(26)25(32-3)23(18-19)29-14-12-28(13-15-29)11-9-20-5-7-21(8-6-20)27-24(30)10-16-31-2/h17-18,20-21H,4-16H2,1-3H3,(H,27,30)/t20-,21-. The number of carbonyl (C=O) groups is 1. The maximum absolute atomic E-state index is 11.9. The molecule has 2 aliphatic rings. The molecule has 2 fully saturated rings. The first-order chi connectivity index (χ1) is 15.5. The molecule has 1 heterocycles. The minimum absolute atomic E-state index is 0.121. The van der Waals surface area contributed by atoms with E-state index in [1.54, 1.807) is 14.2 Å². The molecule has 1 aromatic rings. The molecular formula is C25H40ClN3O3. The van der Waals surface area contributed by atoms with Crippen molar-refractivity contribution in [2.45, 2.75) is 57.9 Å². The molecule has 1 amide bonds. The maximum Gasteiger partial charge on any atom is 0.222 e. The van der Waals surface area contributed by atoms with Gasteiger partial charge in [-0.1, -0.05) is 18.5 Å². The van der Waals surface area contributed by atoms with Gasteiger partial charge in [0.05, 0.1) is 24.4 Å². The zero-order valence-corrected chi connectivity index (χ0v) is 20.8. The summed E-state index contributed by atoms with van der Waals surface area (Å²) < 4.78 is 10.6. The molecule has 6 nitrogen and oxygen atoms in total. The summed E-state index contributed by atoms with van der Waals surface area (Å²) in [6, 6.07) is 4.59. The largest absolute Gasteiger partial charge is 0.493 e. The number of piperazine rings is 1. The van der Waals surface area contributed by atoms with Crippen LogP contribution in [-0.4, -0.2) is 70.4 Å². The lowest BCUT2D eigenvalue weighted by Crippen LogP contribution is -2.47. The quantitative estimate of drug-likeness (QED) is 0.563. The average Bonchev–Trinajstić information content (AvgIpc) is 2.82. The van der Waals surface area contributed by atoms with Crippen molar-refractivity contribution < 1.29 is 14.3 Å². The molecule has 0 bridgehead atoms. The van der Waals surface area contributed by atoms with Gasteiger partial charge in [-0.05, 0) is 68.7 Å². The Morgan fingerprint density at radius 1 is 1.12 bits per heavy atom. The Labute approximate surface area is 198 Å². The number of nitrogens with one attached hydrogen (secondary N) is 1. The first kappa shape index (κ1) is 25.1. The van der Waals surface area contributed by atoms with Crippen LogP contribution in [0, 0.1) is 5.92 Å². The minimum Gasteiger partial charge on any atom is -0.493 e. The fraction of sp³-hybridized carbons (Fsp3) is 0.720. The lowest BCUT2D eigenvalue weighted by atomic mass is 9.84. The zero-order chi connectivity index (χ0) is 22.9. The summed E-state index contributed by atoms with van der Waals surface area (Å²) in [7, 11) is 3.33. The smallest absolute Gasteiger partial charge is 0.222 e. The van der Waals surface area contributed by atoms with E-state index in [0.29, 0.717) is 24.1 Å². The molecule has 180 valence electrons. The number of methoxy groups -OCH3 is 2. The van der Waals surface area contributed by atoms with E-state index < -0.39 is 0 Å². The number of ether oxygens (including phenoxy) is 2. The van der Waals surface area contributed by atoms with E-state index in [1.807, 2.05) is 6.07 Å². The topological polar surface area (TPSA) is 54.0 Å². The van der Waals surface area contributed by atoms with Crippen LogP contribution in [0.2, 0.25) is 5.02 Å². The fourth-order valence-electron chi connectivity index (χ4n) is 4.94. The summed E-state index contributed by atoms with van der Waals surface area (Å²) in [4.78, 5) is 16.9. The molecule has 1 N–H and O–H groups in total. The van der Waals surface area contributed by atoms with Gasteiger partial charge in [0.25, 0.3) is 0 Å². The van der Waals surface area contributed by atoms with Gasteiger partial charge in [0, 0.05) is 45.8 Å². The van der Waals surface area contributed by atoms with E-state index in [-0.39, 0.29) is 5.91 Å². The molecule has 0 aromatic heterocycles. The predicted molar refractivity (Wildman–Crippen MR) is 131 cm³/mol. The third-order valence-corrected chi connectivity index (χ3v) is 7.29. The number of halogens is 1. The Morgan fingerprint density at radius 3 is 2.47 bits per heavy atom. The summed E-state index contributed by atoms with van der Waals surface area (Å²) in [5.74, 6) is 1.69. The number of aryl methyl sites for hydroxylation is 1. The second-order valence-corrected chi connectivity index (χ2v) is 9.54. The lowest BCUT2D eigenvalue weighted by Gasteiger charge is -2.38. The van der Waals surface area contributed by atoms with Gasteiger partial charge < -0.3 is 19.7 Å². The van der Waals surface area contributed by atoms with Crippen molar-refractivity contribution in [1.82, 2.24) is 10.2 Å². The van der Waals surface area contributed by atoms with Crippen molar-refractivity contribution in [2.75, 3.05) is 58.5 Å². The summed E-state index contributed by atoms with van der Waals surface area (Å²) in [6.07, 6.45) is 7.32. The van der Waals surface area contributed by atoms with Crippen LogP contribution in [0.5, 0.6) is 5.75 Å². The van der Waals surface area contributed by atoms with Gasteiger partial charge in [0.1, 0.15) is 0 Å². The van der Waals surface area contributed by atoms with Crippen LogP contribution >= 0.6 is 11.6 Å². The number of hydrogen-bond donors (Lipinski definition) is 1. The molecule has 1 saturated heterocycles. The normalized spacial score (nSPS) is 22.1. The van der Waals surface area contributed by atoms with Crippen LogP contribution in [0.1, 0.15) is 51.0 Å². The molecule has 3 rings (SSSR count). The van der Waals surface area contributed by atoms with Gasteiger partial charge in [0.15, 0.2) is 5.75 Å². The third kappa shape index (κ3) is 7.00. The predicted octanol–water partition coefficient (Wildman–Crippen LogP) is 4.13. The van der Waals surface area contributed by atoms with E-state index in [4.69, 9.17) is 21.1 Å². The number of carbonyl (C=O) groups excluding carboxylic acids is 1. The Hall–Kier alpha value is -1.50. The van der Waals surface area contributed by atoms with Crippen molar-refractivity contribution in [3.8, 4) is 5.75 Å². The molecule has 1 saturated carbocycles. The SMILES string of the molecule is CCc1cc(Cl)c(OC)c(N2CCN(CC[C@H]3CC[C@H](NC(=O)CCOC)CC3)CC2)c1. The van der Waals surface area contributed by atoms with Gasteiger partial charge >= 0.3 is 0 Å². The fourth-order valence-corrected chi connectivity index (χ4v) is 5.26. The summed E-state index contributed by atoms with van der Waals surface area (Å²) in [5, 5.41) is 3.87. The number of rotatable bonds is 10. The second kappa shape index (κ2) is 12.7. The molecule has 0 spiro atoms. The van der Waals surface area contributed by atoms with Crippen molar-refractivity contribution in [3.63, 3.8) is 0 Å². The first-order valence-corrected chi connectivity index (χ1v) is 12.5. The van der Waals surface area contributed by atoms with Gasteiger partial charge in [-0.15, -0.1) is 0 Å². The number of nitrogens with zero attached hydrogens (tertiary/aromatic N) is 2. The summed E-state index contributed by atoms with van der Waals surface area (Å²) in [6.45, 7) is 7.96. The molecule has 7 heteroatoms. The maximum atomic E-state index is 11.9. The van der Waals surface area contributed by atoms with Crippen molar-refractivity contribution in [3.05, 3.63) is 22.7 Å². The van der Waals surface area contributed by atoms with Crippen LogP contribution in [0.25, 0.3) is 0 Å². The molecular weight excluding hydrogens is 426 g/mol.